The Bertz CT molecular complexity index is 908. The highest BCUT2D eigenvalue weighted by molar-refractivity contribution is 14.1. The smallest absolute Gasteiger partial charge is 0.119 e. The third kappa shape index (κ3) is 2.75. The molecule has 24 heavy (non-hydrogen) atoms. The number of rotatable bonds is 3. The van der Waals surface area contributed by atoms with Gasteiger partial charge in [0.05, 0.1) is 7.11 Å². The molecule has 1 nitrogen and oxygen atoms in total. The van der Waals surface area contributed by atoms with Crippen molar-refractivity contribution >= 4 is 33.7 Å². The number of halogens is 1. The van der Waals surface area contributed by atoms with Crippen molar-refractivity contribution < 1.29 is 4.74 Å². The Labute approximate surface area is 156 Å². The summed E-state index contributed by atoms with van der Waals surface area (Å²) in [4.78, 5) is 0. The molecule has 2 heteroatoms. The fourth-order valence-corrected chi connectivity index (χ4v) is 3.72. The van der Waals surface area contributed by atoms with E-state index in [-0.39, 0.29) is 0 Å². The van der Waals surface area contributed by atoms with Gasteiger partial charge in [-0.25, -0.2) is 0 Å². The first-order valence-corrected chi connectivity index (χ1v) is 9.06. The van der Waals surface area contributed by atoms with Gasteiger partial charge in [-0.1, -0.05) is 48.5 Å². The number of allylic oxidation sites excluding steroid dienone is 1. The van der Waals surface area contributed by atoms with E-state index in [1.165, 1.54) is 37.0 Å². The number of hydrogen-bond acceptors (Lipinski definition) is 1. The maximum absolute atomic E-state index is 5.42. The molecule has 0 N–H and O–H groups in total. The predicted octanol–water partition coefficient (Wildman–Crippen LogP) is 5.82. The Kier molecular flexibility index (Phi) is 4.15. The molecular weight excluding hydrogens is 407 g/mol. The van der Waals surface area contributed by atoms with Crippen LogP contribution in [0.4, 0.5) is 0 Å². The van der Waals surface area contributed by atoms with E-state index in [1.807, 2.05) is 0 Å². The van der Waals surface area contributed by atoms with Gasteiger partial charge in [-0.3, -0.25) is 0 Å². The summed E-state index contributed by atoms with van der Waals surface area (Å²) in [5, 5.41) is 0. The zero-order chi connectivity index (χ0) is 16.5. The summed E-state index contributed by atoms with van der Waals surface area (Å²) in [6, 6.07) is 25.9. The van der Waals surface area contributed by atoms with Gasteiger partial charge in [-0.2, -0.15) is 0 Å². The molecule has 0 saturated heterocycles. The summed E-state index contributed by atoms with van der Waals surface area (Å²) in [6.07, 6.45) is 0.942. The van der Waals surface area contributed by atoms with Gasteiger partial charge in [0.25, 0.3) is 0 Å². The van der Waals surface area contributed by atoms with Crippen molar-refractivity contribution in [3.63, 3.8) is 0 Å². The summed E-state index contributed by atoms with van der Waals surface area (Å²) in [5.74, 6) is 0.921. The van der Waals surface area contributed by atoms with Crippen LogP contribution in [0.2, 0.25) is 0 Å². The second-order valence-electron chi connectivity index (χ2n) is 5.93. The number of methoxy groups -OCH3 is 1. The fraction of sp³-hybridized carbons (Fsp3) is 0.0909. The minimum atomic E-state index is 0.921. The van der Waals surface area contributed by atoms with E-state index in [0.717, 1.165) is 12.2 Å². The van der Waals surface area contributed by atoms with E-state index in [2.05, 4.69) is 95.4 Å². The molecular formula is C22H17IO. The highest BCUT2D eigenvalue weighted by Gasteiger charge is 2.24. The minimum absolute atomic E-state index is 0.921. The van der Waals surface area contributed by atoms with Crippen molar-refractivity contribution in [2.75, 3.05) is 7.11 Å². The molecule has 0 bridgehead atoms. The molecule has 0 atom stereocenters. The van der Waals surface area contributed by atoms with E-state index >= 15 is 0 Å². The summed E-state index contributed by atoms with van der Waals surface area (Å²) < 4.78 is 6.67. The van der Waals surface area contributed by atoms with Crippen LogP contribution < -0.4 is 4.74 Å². The van der Waals surface area contributed by atoms with Crippen LogP contribution in [0.15, 0.2) is 72.8 Å². The van der Waals surface area contributed by atoms with Gasteiger partial charge in [0, 0.05) is 3.57 Å². The zero-order valence-corrected chi connectivity index (χ0v) is 15.6. The molecule has 3 aromatic carbocycles. The molecule has 0 amide bonds. The SMILES string of the molecule is COc1ccc2c(c1)CC(c1ccccc1)=C2c1ccc(I)cc1. The molecule has 0 aromatic heterocycles. The lowest BCUT2D eigenvalue weighted by Gasteiger charge is -2.10. The molecule has 0 heterocycles. The molecule has 1 aliphatic carbocycles. The molecule has 4 rings (SSSR count). The van der Waals surface area contributed by atoms with Gasteiger partial charge in [0.1, 0.15) is 5.75 Å². The number of hydrogen-bond donors (Lipinski definition) is 0. The van der Waals surface area contributed by atoms with E-state index in [4.69, 9.17) is 4.74 Å². The van der Waals surface area contributed by atoms with Crippen LogP contribution in [0, 0.1) is 3.57 Å². The summed E-state index contributed by atoms with van der Waals surface area (Å²) in [5.41, 5.74) is 7.95. The third-order valence-electron chi connectivity index (χ3n) is 4.51. The molecule has 0 unspecified atom stereocenters. The van der Waals surface area contributed by atoms with Crippen LogP contribution in [0.1, 0.15) is 22.3 Å². The van der Waals surface area contributed by atoms with Crippen LogP contribution in [-0.2, 0) is 6.42 Å². The van der Waals surface area contributed by atoms with E-state index in [1.54, 1.807) is 7.11 Å². The lowest BCUT2D eigenvalue weighted by molar-refractivity contribution is 0.414. The minimum Gasteiger partial charge on any atom is -0.497 e. The molecule has 0 saturated carbocycles. The standard InChI is InChI=1S/C22H17IO/c1-24-19-11-12-20-17(13-19)14-21(15-5-3-2-4-6-15)22(20)16-7-9-18(23)10-8-16/h2-13H,14H2,1H3. The predicted molar refractivity (Wildman–Crippen MR) is 108 cm³/mol. The topological polar surface area (TPSA) is 9.23 Å². The first-order valence-electron chi connectivity index (χ1n) is 7.98. The highest BCUT2D eigenvalue weighted by atomic mass is 127. The van der Waals surface area contributed by atoms with E-state index < -0.39 is 0 Å². The Hall–Kier alpha value is -2.07. The van der Waals surface area contributed by atoms with Crippen molar-refractivity contribution in [3.05, 3.63) is 98.6 Å². The maximum atomic E-state index is 5.42. The van der Waals surface area contributed by atoms with Gasteiger partial charge in [0.2, 0.25) is 0 Å². The molecule has 1 aliphatic rings. The monoisotopic (exact) mass is 424 g/mol. The normalized spacial score (nSPS) is 13.1. The van der Waals surface area contributed by atoms with Crippen LogP contribution in [0.5, 0.6) is 5.75 Å². The van der Waals surface area contributed by atoms with Gasteiger partial charge < -0.3 is 4.74 Å². The van der Waals surface area contributed by atoms with E-state index in [9.17, 15) is 0 Å². The Balaban J connectivity index is 1.92. The molecule has 118 valence electrons. The lowest BCUT2D eigenvalue weighted by Crippen LogP contribution is -1.90. The summed E-state index contributed by atoms with van der Waals surface area (Å²) in [7, 11) is 1.72. The van der Waals surface area contributed by atoms with Crippen LogP contribution >= 0.6 is 22.6 Å². The van der Waals surface area contributed by atoms with Crippen LogP contribution in [0.3, 0.4) is 0 Å². The largest absolute Gasteiger partial charge is 0.497 e. The van der Waals surface area contributed by atoms with Crippen molar-refractivity contribution in [2.24, 2.45) is 0 Å². The first kappa shape index (κ1) is 15.5. The average molecular weight is 424 g/mol. The van der Waals surface area contributed by atoms with Gasteiger partial charge in [0.15, 0.2) is 0 Å². The lowest BCUT2D eigenvalue weighted by atomic mass is 9.94. The molecule has 3 aromatic rings. The number of fused-ring (bicyclic) bond motifs is 1. The third-order valence-corrected chi connectivity index (χ3v) is 5.23. The maximum Gasteiger partial charge on any atom is 0.119 e. The number of benzene rings is 3. The Morgan fingerprint density at radius 1 is 0.833 bits per heavy atom. The summed E-state index contributed by atoms with van der Waals surface area (Å²) >= 11 is 2.35. The molecule has 0 fully saturated rings. The van der Waals surface area contributed by atoms with E-state index in [0.29, 0.717) is 0 Å². The van der Waals surface area contributed by atoms with Crippen molar-refractivity contribution in [1.82, 2.24) is 0 Å². The van der Waals surface area contributed by atoms with Gasteiger partial charge >= 0.3 is 0 Å². The molecule has 0 radical (unpaired) electrons. The van der Waals surface area contributed by atoms with Gasteiger partial charge in [-0.05, 0) is 86.7 Å². The highest BCUT2D eigenvalue weighted by Crippen LogP contribution is 2.43. The quantitative estimate of drug-likeness (QED) is 0.482. The van der Waals surface area contributed by atoms with Crippen molar-refractivity contribution in [1.29, 1.82) is 0 Å². The Morgan fingerprint density at radius 2 is 1.58 bits per heavy atom. The second kappa shape index (κ2) is 6.44. The Morgan fingerprint density at radius 3 is 2.29 bits per heavy atom. The molecule has 0 aliphatic heterocycles. The van der Waals surface area contributed by atoms with Crippen LogP contribution in [-0.4, -0.2) is 7.11 Å². The first-order chi connectivity index (χ1) is 11.8. The van der Waals surface area contributed by atoms with Gasteiger partial charge in [-0.15, -0.1) is 0 Å². The molecule has 0 spiro atoms. The van der Waals surface area contributed by atoms with Crippen molar-refractivity contribution in [2.45, 2.75) is 6.42 Å². The van der Waals surface area contributed by atoms with Crippen LogP contribution in [0.25, 0.3) is 11.1 Å². The van der Waals surface area contributed by atoms with Crippen molar-refractivity contribution in [3.8, 4) is 5.75 Å². The second-order valence-corrected chi connectivity index (χ2v) is 7.17. The fourth-order valence-electron chi connectivity index (χ4n) is 3.36. The average Bonchev–Trinajstić information content (AvgIpc) is 3.01. The zero-order valence-electron chi connectivity index (χ0n) is 13.4. The number of ether oxygens (including phenoxy) is 1. The summed E-state index contributed by atoms with van der Waals surface area (Å²) in [6.45, 7) is 0.